The van der Waals surface area contributed by atoms with Gasteiger partial charge in [0.25, 0.3) is 0 Å². The second-order valence-electron chi connectivity index (χ2n) is 3.38. The second kappa shape index (κ2) is 6.00. The van der Waals surface area contributed by atoms with Crippen molar-refractivity contribution in [2.75, 3.05) is 6.54 Å². The zero-order valence-electron chi connectivity index (χ0n) is 7.88. The predicted molar refractivity (Wildman–Crippen MR) is 55.8 cm³/mol. The molecule has 3 nitrogen and oxygen atoms in total. The van der Waals surface area contributed by atoms with Gasteiger partial charge in [-0.2, -0.15) is 0 Å². The van der Waals surface area contributed by atoms with Crippen molar-refractivity contribution in [2.24, 2.45) is 5.73 Å². The minimum Gasteiger partial charge on any atom is -0.351 e. The SMILES string of the molecule is CC(N)CNC(=O)C=C1CCC1.Cl. The summed E-state index contributed by atoms with van der Waals surface area (Å²) >= 11 is 0. The lowest BCUT2D eigenvalue weighted by molar-refractivity contribution is -0.116. The van der Waals surface area contributed by atoms with Crippen molar-refractivity contribution in [1.29, 1.82) is 0 Å². The molecule has 0 radical (unpaired) electrons. The molecule has 0 saturated heterocycles. The van der Waals surface area contributed by atoms with Gasteiger partial charge in [0, 0.05) is 18.7 Å². The fourth-order valence-corrected chi connectivity index (χ4v) is 1.02. The first-order chi connectivity index (χ1) is 5.68. The molecule has 0 spiro atoms. The molecular formula is C9H17ClN2O. The van der Waals surface area contributed by atoms with Crippen molar-refractivity contribution < 1.29 is 4.79 Å². The van der Waals surface area contributed by atoms with Gasteiger partial charge in [0.2, 0.25) is 5.91 Å². The molecule has 0 aliphatic heterocycles. The quantitative estimate of drug-likeness (QED) is 0.674. The Labute approximate surface area is 85.2 Å². The van der Waals surface area contributed by atoms with Crippen LogP contribution in [0, 0.1) is 0 Å². The number of rotatable bonds is 3. The highest BCUT2D eigenvalue weighted by atomic mass is 35.5. The van der Waals surface area contributed by atoms with E-state index in [0.29, 0.717) is 6.54 Å². The van der Waals surface area contributed by atoms with Gasteiger partial charge in [-0.25, -0.2) is 0 Å². The Morgan fingerprint density at radius 2 is 2.31 bits per heavy atom. The third-order valence-electron chi connectivity index (χ3n) is 1.93. The number of nitrogens with two attached hydrogens (primary N) is 1. The average molecular weight is 205 g/mol. The topological polar surface area (TPSA) is 55.1 Å². The Morgan fingerprint density at radius 1 is 1.69 bits per heavy atom. The van der Waals surface area contributed by atoms with Crippen LogP contribution in [0.1, 0.15) is 26.2 Å². The van der Waals surface area contributed by atoms with Crippen LogP contribution < -0.4 is 11.1 Å². The molecule has 13 heavy (non-hydrogen) atoms. The number of carbonyl (C=O) groups is 1. The summed E-state index contributed by atoms with van der Waals surface area (Å²) < 4.78 is 0. The van der Waals surface area contributed by atoms with Crippen molar-refractivity contribution in [2.45, 2.75) is 32.2 Å². The van der Waals surface area contributed by atoms with Crippen molar-refractivity contribution in [3.63, 3.8) is 0 Å². The van der Waals surface area contributed by atoms with Crippen LogP contribution in [0.5, 0.6) is 0 Å². The van der Waals surface area contributed by atoms with E-state index < -0.39 is 0 Å². The van der Waals surface area contributed by atoms with Crippen LogP contribution in [-0.4, -0.2) is 18.5 Å². The fourth-order valence-electron chi connectivity index (χ4n) is 1.02. The second-order valence-corrected chi connectivity index (χ2v) is 3.38. The molecule has 1 rings (SSSR count). The van der Waals surface area contributed by atoms with Crippen molar-refractivity contribution in [3.8, 4) is 0 Å². The van der Waals surface area contributed by atoms with E-state index in [2.05, 4.69) is 5.32 Å². The molecule has 1 amide bonds. The van der Waals surface area contributed by atoms with Gasteiger partial charge in [-0.15, -0.1) is 12.4 Å². The zero-order chi connectivity index (χ0) is 8.97. The minimum atomic E-state index is 0. The van der Waals surface area contributed by atoms with E-state index in [4.69, 9.17) is 5.73 Å². The van der Waals surface area contributed by atoms with Crippen molar-refractivity contribution >= 4 is 18.3 Å². The van der Waals surface area contributed by atoms with Gasteiger partial charge < -0.3 is 11.1 Å². The Hall–Kier alpha value is -0.540. The van der Waals surface area contributed by atoms with Crippen LogP contribution in [0.15, 0.2) is 11.6 Å². The van der Waals surface area contributed by atoms with E-state index >= 15 is 0 Å². The molecule has 1 aliphatic rings. The maximum absolute atomic E-state index is 11.1. The van der Waals surface area contributed by atoms with Crippen molar-refractivity contribution in [1.82, 2.24) is 5.32 Å². The van der Waals surface area contributed by atoms with E-state index in [1.54, 1.807) is 6.08 Å². The number of allylic oxidation sites excluding steroid dienone is 1. The summed E-state index contributed by atoms with van der Waals surface area (Å²) in [7, 11) is 0. The molecule has 1 atom stereocenters. The van der Waals surface area contributed by atoms with E-state index in [1.807, 2.05) is 6.92 Å². The fraction of sp³-hybridized carbons (Fsp3) is 0.667. The summed E-state index contributed by atoms with van der Waals surface area (Å²) in [6.07, 6.45) is 5.11. The largest absolute Gasteiger partial charge is 0.351 e. The minimum absolute atomic E-state index is 0. The van der Waals surface area contributed by atoms with Crippen LogP contribution in [-0.2, 0) is 4.79 Å². The monoisotopic (exact) mass is 204 g/mol. The molecule has 0 bridgehead atoms. The Bertz CT molecular complexity index is 196. The maximum atomic E-state index is 11.1. The van der Waals surface area contributed by atoms with Gasteiger partial charge in [0.05, 0.1) is 0 Å². The molecule has 1 saturated carbocycles. The first kappa shape index (κ1) is 12.5. The normalized spacial score (nSPS) is 16.6. The number of carbonyl (C=O) groups excluding carboxylic acids is 1. The van der Waals surface area contributed by atoms with E-state index in [1.165, 1.54) is 12.0 Å². The molecule has 76 valence electrons. The summed E-state index contributed by atoms with van der Waals surface area (Å²) in [5.41, 5.74) is 6.74. The van der Waals surface area contributed by atoms with Crippen LogP contribution in [0.3, 0.4) is 0 Å². The van der Waals surface area contributed by atoms with Crippen LogP contribution in [0.25, 0.3) is 0 Å². The van der Waals surface area contributed by atoms with Gasteiger partial charge in [-0.1, -0.05) is 5.57 Å². The maximum Gasteiger partial charge on any atom is 0.243 e. The number of halogens is 1. The average Bonchev–Trinajstić information content (AvgIpc) is 1.93. The standard InChI is InChI=1S/C9H16N2O.ClH/c1-7(10)6-11-9(12)5-8-3-2-4-8;/h5,7H,2-4,6,10H2,1H3,(H,11,12);1H. The number of nitrogens with one attached hydrogen (secondary N) is 1. The molecular weight excluding hydrogens is 188 g/mol. The Kier molecular flexibility index (Phi) is 5.75. The third kappa shape index (κ3) is 4.90. The predicted octanol–water partition coefficient (Wildman–Crippen LogP) is 0.982. The number of amides is 1. The molecule has 0 aromatic carbocycles. The zero-order valence-corrected chi connectivity index (χ0v) is 8.69. The van der Waals surface area contributed by atoms with Gasteiger partial charge in [-0.3, -0.25) is 4.79 Å². The number of hydrogen-bond donors (Lipinski definition) is 2. The van der Waals surface area contributed by atoms with E-state index in [-0.39, 0.29) is 24.4 Å². The van der Waals surface area contributed by atoms with Crippen LogP contribution in [0.4, 0.5) is 0 Å². The Balaban J connectivity index is 0.00000144. The summed E-state index contributed by atoms with van der Waals surface area (Å²) in [6, 6.07) is 0.0359. The third-order valence-corrected chi connectivity index (χ3v) is 1.93. The number of hydrogen-bond acceptors (Lipinski definition) is 2. The molecule has 3 N–H and O–H groups in total. The summed E-state index contributed by atoms with van der Waals surface area (Å²) in [4.78, 5) is 11.1. The highest BCUT2D eigenvalue weighted by Crippen LogP contribution is 2.24. The molecule has 0 heterocycles. The van der Waals surface area contributed by atoms with Gasteiger partial charge in [0.15, 0.2) is 0 Å². The molecule has 0 aromatic rings. The first-order valence-electron chi connectivity index (χ1n) is 4.41. The van der Waals surface area contributed by atoms with Crippen molar-refractivity contribution in [3.05, 3.63) is 11.6 Å². The molecule has 1 unspecified atom stereocenters. The first-order valence-corrected chi connectivity index (χ1v) is 4.41. The lowest BCUT2D eigenvalue weighted by atomic mass is 9.92. The summed E-state index contributed by atoms with van der Waals surface area (Å²) in [5, 5.41) is 2.74. The smallest absolute Gasteiger partial charge is 0.243 e. The molecule has 1 aliphatic carbocycles. The van der Waals surface area contributed by atoms with E-state index in [9.17, 15) is 4.79 Å². The highest BCUT2D eigenvalue weighted by Gasteiger charge is 2.09. The summed E-state index contributed by atoms with van der Waals surface area (Å²) in [5.74, 6) is 0.00185. The lowest BCUT2D eigenvalue weighted by Gasteiger charge is -2.15. The van der Waals surface area contributed by atoms with Crippen LogP contribution in [0.2, 0.25) is 0 Å². The Morgan fingerprint density at radius 3 is 2.69 bits per heavy atom. The van der Waals surface area contributed by atoms with Crippen LogP contribution >= 0.6 is 12.4 Å². The molecule has 1 fully saturated rings. The lowest BCUT2D eigenvalue weighted by Crippen LogP contribution is -2.34. The summed E-state index contributed by atoms with van der Waals surface area (Å²) in [6.45, 7) is 2.43. The van der Waals surface area contributed by atoms with Gasteiger partial charge in [-0.05, 0) is 26.2 Å². The van der Waals surface area contributed by atoms with Gasteiger partial charge in [0.1, 0.15) is 0 Å². The molecule has 4 heteroatoms. The van der Waals surface area contributed by atoms with E-state index in [0.717, 1.165) is 12.8 Å². The highest BCUT2D eigenvalue weighted by molar-refractivity contribution is 5.88. The molecule has 0 aromatic heterocycles. The van der Waals surface area contributed by atoms with Gasteiger partial charge >= 0.3 is 0 Å².